The van der Waals surface area contributed by atoms with E-state index in [9.17, 15) is 0 Å². The van der Waals surface area contributed by atoms with Gasteiger partial charge in [0.05, 0.1) is 0 Å². The zero-order valence-electron chi connectivity index (χ0n) is 21.2. The van der Waals surface area contributed by atoms with Crippen LogP contribution in [0.25, 0.3) is 21.9 Å². The molecule has 3 aromatic rings. The molecule has 4 rings (SSSR count). The molecule has 0 N–H and O–H groups in total. The van der Waals surface area contributed by atoms with Crippen molar-refractivity contribution < 1.29 is 0 Å². The molecule has 0 radical (unpaired) electrons. The first-order chi connectivity index (χ1) is 16.3. The molecule has 0 amide bonds. The zero-order chi connectivity index (χ0) is 22.9. The highest BCUT2D eigenvalue weighted by Gasteiger charge is 2.42. The first-order valence-corrected chi connectivity index (χ1v) is 13.9. The van der Waals surface area contributed by atoms with Crippen LogP contribution in [-0.2, 0) is 5.41 Å². The Balaban J connectivity index is 1.64. The summed E-state index contributed by atoms with van der Waals surface area (Å²) in [4.78, 5) is 0. The Morgan fingerprint density at radius 1 is 0.485 bits per heavy atom. The summed E-state index contributed by atoms with van der Waals surface area (Å²) < 4.78 is 0. The number of fused-ring (bicyclic) bond motifs is 4. The summed E-state index contributed by atoms with van der Waals surface area (Å²) >= 11 is 0. The van der Waals surface area contributed by atoms with Crippen molar-refractivity contribution in [2.75, 3.05) is 0 Å². The Kier molecular flexibility index (Phi) is 8.65. The van der Waals surface area contributed by atoms with E-state index in [0.717, 1.165) is 0 Å². The maximum atomic E-state index is 2.55. The van der Waals surface area contributed by atoms with Gasteiger partial charge in [-0.3, -0.25) is 0 Å². The number of rotatable bonds is 14. The molecule has 0 unspecified atom stereocenters. The highest BCUT2D eigenvalue weighted by Crippen LogP contribution is 2.55. The summed E-state index contributed by atoms with van der Waals surface area (Å²) in [7, 11) is 0. The van der Waals surface area contributed by atoms with E-state index in [2.05, 4.69) is 74.5 Å². The van der Waals surface area contributed by atoms with Gasteiger partial charge in [-0.05, 0) is 58.0 Å². The minimum atomic E-state index is 0.200. The van der Waals surface area contributed by atoms with Gasteiger partial charge in [-0.2, -0.15) is 0 Å². The molecule has 0 aliphatic heterocycles. The van der Waals surface area contributed by atoms with Gasteiger partial charge >= 0.3 is 0 Å². The second-order valence-electron chi connectivity index (χ2n) is 10.4. The van der Waals surface area contributed by atoms with E-state index in [4.69, 9.17) is 0 Å². The molecule has 0 fully saturated rings. The third-order valence-electron chi connectivity index (χ3n) is 8.05. The minimum Gasteiger partial charge on any atom is -0.0654 e. The highest BCUT2D eigenvalue weighted by atomic mass is 14.4. The summed E-state index contributed by atoms with van der Waals surface area (Å²) in [5, 5.41) is 2.78. The minimum absolute atomic E-state index is 0.200. The van der Waals surface area contributed by atoms with Crippen LogP contribution in [-0.4, -0.2) is 0 Å². The lowest BCUT2D eigenvalue weighted by Crippen LogP contribution is -2.25. The van der Waals surface area contributed by atoms with Crippen LogP contribution < -0.4 is 0 Å². The normalized spacial score (nSPS) is 13.9. The van der Waals surface area contributed by atoms with Crippen LogP contribution in [0.2, 0.25) is 0 Å². The summed E-state index contributed by atoms with van der Waals surface area (Å²) in [6.45, 7) is 4.62. The van der Waals surface area contributed by atoms with E-state index in [1.54, 1.807) is 11.1 Å². The van der Waals surface area contributed by atoms with E-state index in [0.29, 0.717) is 0 Å². The van der Waals surface area contributed by atoms with Gasteiger partial charge in [0.2, 0.25) is 0 Å². The van der Waals surface area contributed by atoms with Crippen molar-refractivity contribution >= 4 is 10.8 Å². The monoisotopic (exact) mass is 440 g/mol. The van der Waals surface area contributed by atoms with Crippen molar-refractivity contribution in [3.63, 3.8) is 0 Å². The predicted molar refractivity (Wildman–Crippen MR) is 146 cm³/mol. The lowest BCUT2D eigenvalue weighted by atomic mass is 9.70. The number of benzene rings is 3. The average molecular weight is 441 g/mol. The topological polar surface area (TPSA) is 0 Å². The fraction of sp³-hybridized carbons (Fsp3) is 0.515. The Morgan fingerprint density at radius 2 is 1.00 bits per heavy atom. The lowest BCUT2D eigenvalue weighted by molar-refractivity contribution is 0.398. The summed E-state index contributed by atoms with van der Waals surface area (Å²) in [6, 6.07) is 23.3. The Hall–Kier alpha value is -2.08. The predicted octanol–water partition coefficient (Wildman–Crippen LogP) is 10.6. The highest BCUT2D eigenvalue weighted by molar-refractivity contribution is 5.93. The van der Waals surface area contributed by atoms with Crippen LogP contribution in [0.15, 0.2) is 60.7 Å². The first-order valence-electron chi connectivity index (χ1n) is 13.9. The van der Waals surface area contributed by atoms with Crippen molar-refractivity contribution in [3.8, 4) is 11.1 Å². The fourth-order valence-electron chi connectivity index (χ4n) is 6.22. The van der Waals surface area contributed by atoms with Gasteiger partial charge in [0.25, 0.3) is 0 Å². The van der Waals surface area contributed by atoms with Crippen LogP contribution >= 0.6 is 0 Å². The standard InChI is InChI=1S/C33H44/c1-3-5-7-9-11-17-23-33(24-18-12-10-8-6-4-2)31-22-16-15-21-29(31)30-25-27-19-13-14-20-28(27)26-32(30)33/h13-16,19-22,25-26H,3-12,17-18,23-24H2,1-2H3. The van der Waals surface area contributed by atoms with Crippen LogP contribution in [0.1, 0.15) is 115 Å². The molecule has 1 aliphatic carbocycles. The summed E-state index contributed by atoms with van der Waals surface area (Å²) in [5.41, 5.74) is 6.42. The van der Waals surface area contributed by atoms with Crippen molar-refractivity contribution in [1.29, 1.82) is 0 Å². The van der Waals surface area contributed by atoms with E-state index in [1.807, 2.05) is 0 Å². The second kappa shape index (κ2) is 11.9. The maximum absolute atomic E-state index is 2.55. The number of hydrogen-bond donors (Lipinski definition) is 0. The fourth-order valence-corrected chi connectivity index (χ4v) is 6.22. The second-order valence-corrected chi connectivity index (χ2v) is 10.4. The molecule has 1 aliphatic rings. The molecule has 0 saturated heterocycles. The maximum Gasteiger partial charge on any atom is 0.0215 e. The molecule has 0 aromatic heterocycles. The van der Waals surface area contributed by atoms with Gasteiger partial charge in [0.1, 0.15) is 0 Å². The van der Waals surface area contributed by atoms with Gasteiger partial charge in [-0.25, -0.2) is 0 Å². The summed E-state index contributed by atoms with van der Waals surface area (Å²) in [6.07, 6.45) is 19.1. The van der Waals surface area contributed by atoms with Gasteiger partial charge < -0.3 is 0 Å². The van der Waals surface area contributed by atoms with Gasteiger partial charge in [-0.15, -0.1) is 0 Å². The molecule has 0 nitrogen and oxygen atoms in total. The molecule has 33 heavy (non-hydrogen) atoms. The van der Waals surface area contributed by atoms with Crippen LogP contribution in [0.4, 0.5) is 0 Å². The Morgan fingerprint density at radius 3 is 1.64 bits per heavy atom. The molecular formula is C33H44. The van der Waals surface area contributed by atoms with Crippen LogP contribution in [0.3, 0.4) is 0 Å². The van der Waals surface area contributed by atoms with Crippen LogP contribution in [0, 0.1) is 0 Å². The van der Waals surface area contributed by atoms with Crippen molar-refractivity contribution in [2.24, 2.45) is 0 Å². The van der Waals surface area contributed by atoms with E-state index >= 15 is 0 Å². The number of unbranched alkanes of at least 4 members (excludes halogenated alkanes) is 10. The number of hydrogen-bond acceptors (Lipinski definition) is 0. The molecule has 0 atom stereocenters. The van der Waals surface area contributed by atoms with E-state index in [-0.39, 0.29) is 5.41 Å². The zero-order valence-corrected chi connectivity index (χ0v) is 21.2. The third-order valence-corrected chi connectivity index (χ3v) is 8.05. The lowest BCUT2D eigenvalue weighted by Gasteiger charge is -2.33. The third kappa shape index (κ3) is 5.37. The largest absolute Gasteiger partial charge is 0.0654 e. The van der Waals surface area contributed by atoms with Gasteiger partial charge in [0, 0.05) is 5.41 Å². The molecule has 176 valence electrons. The van der Waals surface area contributed by atoms with Gasteiger partial charge in [0.15, 0.2) is 0 Å². The van der Waals surface area contributed by atoms with E-state index < -0.39 is 0 Å². The molecule has 0 heterocycles. The summed E-state index contributed by atoms with van der Waals surface area (Å²) in [5.74, 6) is 0. The molecule has 0 bridgehead atoms. The molecule has 0 saturated carbocycles. The smallest absolute Gasteiger partial charge is 0.0215 e. The molecule has 3 aromatic carbocycles. The average Bonchev–Trinajstić information content (AvgIpc) is 3.11. The van der Waals surface area contributed by atoms with Gasteiger partial charge in [-0.1, -0.05) is 139 Å². The van der Waals surface area contributed by atoms with Crippen molar-refractivity contribution in [2.45, 2.75) is 109 Å². The molecular weight excluding hydrogens is 396 g/mol. The SMILES string of the molecule is CCCCCCCCC1(CCCCCCCC)c2ccccc2-c2cc3ccccc3cc21. The molecule has 0 spiro atoms. The first kappa shape index (κ1) is 24.1. The van der Waals surface area contributed by atoms with Crippen LogP contribution in [0.5, 0.6) is 0 Å². The Labute approximate surface area is 202 Å². The van der Waals surface area contributed by atoms with Crippen molar-refractivity contribution in [3.05, 3.63) is 71.8 Å². The molecule has 0 heteroatoms. The Bertz CT molecular complexity index is 995. The van der Waals surface area contributed by atoms with Crippen molar-refractivity contribution in [1.82, 2.24) is 0 Å². The quantitative estimate of drug-likeness (QED) is 0.219. The van der Waals surface area contributed by atoms with E-state index in [1.165, 1.54) is 112 Å².